The molecule has 4 heteroatoms. The number of benzene rings is 1. The minimum absolute atomic E-state index is 0.0210. The topological polar surface area (TPSA) is 42.7 Å². The number of hydrogen-bond donors (Lipinski definition) is 1. The van der Waals surface area contributed by atoms with Crippen molar-refractivity contribution in [2.45, 2.75) is 59.2 Å². The molecule has 1 aromatic carbocycles. The Bertz CT molecular complexity index is 563. The summed E-state index contributed by atoms with van der Waals surface area (Å²) in [5, 5.41) is 11.9. The van der Waals surface area contributed by atoms with Crippen molar-refractivity contribution in [1.82, 2.24) is 20.3 Å². The number of nitrogens with zero attached hydrogens (tertiary/aromatic N) is 3. The summed E-state index contributed by atoms with van der Waals surface area (Å²) in [5.41, 5.74) is 3.63. The Hall–Kier alpha value is -1.68. The predicted octanol–water partition coefficient (Wildman–Crippen LogP) is 3.45. The molecule has 0 aliphatic heterocycles. The highest BCUT2D eigenvalue weighted by Crippen LogP contribution is 2.15. The average Bonchev–Trinajstić information content (AvgIpc) is 2.94. The summed E-state index contributed by atoms with van der Waals surface area (Å²) in [5.74, 6) is 0. The summed E-state index contributed by atoms with van der Waals surface area (Å²) in [4.78, 5) is 0. The molecule has 1 atom stereocenters. The van der Waals surface area contributed by atoms with E-state index in [0.717, 1.165) is 18.7 Å². The summed E-state index contributed by atoms with van der Waals surface area (Å²) < 4.78 is 1.91. The molecule has 0 spiro atoms. The van der Waals surface area contributed by atoms with E-state index < -0.39 is 0 Å². The minimum Gasteiger partial charge on any atom is -0.304 e. The molecule has 4 nitrogen and oxygen atoms in total. The Balaban J connectivity index is 1.94. The van der Waals surface area contributed by atoms with Crippen LogP contribution in [0, 0.1) is 0 Å². The maximum Gasteiger partial charge on any atom is 0.0965 e. The molecule has 21 heavy (non-hydrogen) atoms. The van der Waals surface area contributed by atoms with Crippen LogP contribution >= 0.6 is 0 Å². The van der Waals surface area contributed by atoms with Crippen molar-refractivity contribution < 1.29 is 0 Å². The third kappa shape index (κ3) is 4.14. The van der Waals surface area contributed by atoms with Gasteiger partial charge in [-0.25, -0.2) is 4.68 Å². The second-order valence-electron chi connectivity index (χ2n) is 6.52. The van der Waals surface area contributed by atoms with Crippen molar-refractivity contribution in [3.63, 3.8) is 0 Å². The fraction of sp³-hybridized carbons (Fsp3) is 0.529. The van der Waals surface area contributed by atoms with E-state index in [1.54, 1.807) is 0 Å². The van der Waals surface area contributed by atoms with Crippen LogP contribution in [0.2, 0.25) is 0 Å². The van der Waals surface area contributed by atoms with E-state index in [4.69, 9.17) is 0 Å². The lowest BCUT2D eigenvalue weighted by Gasteiger charge is -2.17. The van der Waals surface area contributed by atoms with E-state index in [1.807, 2.05) is 10.9 Å². The first kappa shape index (κ1) is 15.7. The van der Waals surface area contributed by atoms with Gasteiger partial charge >= 0.3 is 0 Å². The molecular formula is C17H26N4. The molecule has 0 saturated carbocycles. The van der Waals surface area contributed by atoms with Crippen molar-refractivity contribution >= 4 is 0 Å². The molecular weight excluding hydrogens is 260 g/mol. The van der Waals surface area contributed by atoms with Gasteiger partial charge in [0.25, 0.3) is 0 Å². The smallest absolute Gasteiger partial charge is 0.0965 e. The summed E-state index contributed by atoms with van der Waals surface area (Å²) in [6, 6.07) is 9.09. The zero-order chi connectivity index (χ0) is 15.5. The standard InChI is InChI=1S/C17H26N4/c1-6-14-7-9-15(10-8-14)13(2)18-11-16-12-21(20-19-16)17(3,4)5/h7-10,12-13,18H,6,11H2,1-5H3. The maximum absolute atomic E-state index is 4.23. The van der Waals surface area contributed by atoms with Crippen LogP contribution in [0.3, 0.4) is 0 Å². The SMILES string of the molecule is CCc1ccc(C(C)NCc2cn(C(C)(C)C)nn2)cc1. The summed E-state index contributed by atoms with van der Waals surface area (Å²) in [6.07, 6.45) is 3.10. The van der Waals surface area contributed by atoms with Crippen molar-refractivity contribution in [2.75, 3.05) is 0 Å². The minimum atomic E-state index is -0.0210. The van der Waals surface area contributed by atoms with E-state index in [1.165, 1.54) is 11.1 Å². The summed E-state index contributed by atoms with van der Waals surface area (Å²) >= 11 is 0. The predicted molar refractivity (Wildman–Crippen MR) is 86.1 cm³/mol. The van der Waals surface area contributed by atoms with Crippen molar-refractivity contribution in [1.29, 1.82) is 0 Å². The van der Waals surface area contributed by atoms with Gasteiger partial charge in [-0.15, -0.1) is 5.10 Å². The largest absolute Gasteiger partial charge is 0.304 e. The van der Waals surface area contributed by atoms with Gasteiger partial charge in [0.1, 0.15) is 0 Å². The highest BCUT2D eigenvalue weighted by molar-refractivity contribution is 5.24. The van der Waals surface area contributed by atoms with E-state index in [-0.39, 0.29) is 5.54 Å². The fourth-order valence-electron chi connectivity index (χ4n) is 2.12. The van der Waals surface area contributed by atoms with E-state index in [2.05, 4.69) is 74.5 Å². The quantitative estimate of drug-likeness (QED) is 0.915. The highest BCUT2D eigenvalue weighted by atomic mass is 15.4. The monoisotopic (exact) mass is 286 g/mol. The van der Waals surface area contributed by atoms with Gasteiger partial charge < -0.3 is 5.32 Å². The molecule has 0 aliphatic rings. The molecule has 0 bridgehead atoms. The average molecular weight is 286 g/mol. The normalized spacial score (nSPS) is 13.4. The fourth-order valence-corrected chi connectivity index (χ4v) is 2.12. The second-order valence-corrected chi connectivity index (χ2v) is 6.52. The van der Waals surface area contributed by atoms with Gasteiger partial charge in [-0.05, 0) is 45.2 Å². The molecule has 1 aromatic heterocycles. The van der Waals surface area contributed by atoms with Crippen molar-refractivity contribution in [3.05, 3.63) is 47.3 Å². The molecule has 2 aromatic rings. The molecule has 0 radical (unpaired) electrons. The Morgan fingerprint density at radius 1 is 1.19 bits per heavy atom. The molecule has 0 aliphatic carbocycles. The van der Waals surface area contributed by atoms with E-state index >= 15 is 0 Å². The van der Waals surface area contributed by atoms with Gasteiger partial charge in [0.15, 0.2) is 0 Å². The molecule has 0 saturated heterocycles. The highest BCUT2D eigenvalue weighted by Gasteiger charge is 2.15. The van der Waals surface area contributed by atoms with Gasteiger partial charge in [0.2, 0.25) is 0 Å². The van der Waals surface area contributed by atoms with Crippen LogP contribution in [0.15, 0.2) is 30.5 Å². The lowest BCUT2D eigenvalue weighted by Crippen LogP contribution is -2.22. The molecule has 114 valence electrons. The van der Waals surface area contributed by atoms with Crippen LogP contribution in [0.1, 0.15) is 57.5 Å². The lowest BCUT2D eigenvalue weighted by atomic mass is 10.1. The number of rotatable bonds is 5. The van der Waals surface area contributed by atoms with Crippen LogP contribution in [0.4, 0.5) is 0 Å². The van der Waals surface area contributed by atoms with Crippen molar-refractivity contribution in [2.24, 2.45) is 0 Å². The molecule has 1 N–H and O–H groups in total. The first-order chi connectivity index (χ1) is 9.90. The van der Waals surface area contributed by atoms with Crippen LogP contribution in [-0.4, -0.2) is 15.0 Å². The lowest BCUT2D eigenvalue weighted by molar-refractivity contribution is 0.347. The summed E-state index contributed by atoms with van der Waals surface area (Å²) in [7, 11) is 0. The third-order valence-corrected chi connectivity index (χ3v) is 3.71. The van der Waals surface area contributed by atoms with E-state index in [0.29, 0.717) is 6.04 Å². The van der Waals surface area contributed by atoms with Crippen LogP contribution in [0.5, 0.6) is 0 Å². The Kier molecular flexibility index (Phi) is 4.78. The van der Waals surface area contributed by atoms with Gasteiger partial charge in [0.05, 0.1) is 17.4 Å². The first-order valence-electron chi connectivity index (χ1n) is 7.64. The zero-order valence-corrected chi connectivity index (χ0v) is 13.7. The maximum atomic E-state index is 4.23. The summed E-state index contributed by atoms with van der Waals surface area (Å²) in [6.45, 7) is 11.4. The second kappa shape index (κ2) is 6.39. The van der Waals surface area contributed by atoms with Gasteiger partial charge in [-0.3, -0.25) is 0 Å². The number of aryl methyl sites for hydroxylation is 1. The van der Waals surface area contributed by atoms with E-state index in [9.17, 15) is 0 Å². The van der Waals surface area contributed by atoms with Gasteiger partial charge in [-0.2, -0.15) is 0 Å². The zero-order valence-electron chi connectivity index (χ0n) is 13.7. The Morgan fingerprint density at radius 3 is 2.38 bits per heavy atom. The molecule has 0 fully saturated rings. The Morgan fingerprint density at radius 2 is 1.86 bits per heavy atom. The van der Waals surface area contributed by atoms with Gasteiger partial charge in [0, 0.05) is 12.6 Å². The van der Waals surface area contributed by atoms with Gasteiger partial charge in [-0.1, -0.05) is 36.4 Å². The number of hydrogen-bond acceptors (Lipinski definition) is 3. The number of nitrogens with one attached hydrogen (secondary N) is 1. The Labute approximate surface area is 127 Å². The van der Waals surface area contributed by atoms with Crippen LogP contribution < -0.4 is 5.32 Å². The number of aromatic nitrogens is 3. The van der Waals surface area contributed by atoms with Crippen molar-refractivity contribution in [3.8, 4) is 0 Å². The third-order valence-electron chi connectivity index (χ3n) is 3.71. The molecule has 0 amide bonds. The molecule has 1 heterocycles. The molecule has 1 unspecified atom stereocenters. The van der Waals surface area contributed by atoms with Crippen LogP contribution in [-0.2, 0) is 18.5 Å². The molecule has 2 rings (SSSR count). The van der Waals surface area contributed by atoms with Crippen LogP contribution in [0.25, 0.3) is 0 Å². The first-order valence-corrected chi connectivity index (χ1v) is 7.64.